The topological polar surface area (TPSA) is 77.1 Å². The third-order valence-corrected chi connectivity index (χ3v) is 4.98. The van der Waals surface area contributed by atoms with Gasteiger partial charge in [0.1, 0.15) is 5.69 Å². The lowest BCUT2D eigenvalue weighted by atomic mass is 10.2. The number of fused-ring (bicyclic) bond motifs is 2. The van der Waals surface area contributed by atoms with Gasteiger partial charge in [-0.05, 0) is 31.0 Å². The van der Waals surface area contributed by atoms with Gasteiger partial charge in [-0.25, -0.2) is 14.5 Å². The molecule has 3 aromatic heterocycles. The van der Waals surface area contributed by atoms with Gasteiger partial charge in [0.05, 0.1) is 11.0 Å². The summed E-state index contributed by atoms with van der Waals surface area (Å²) in [4.78, 5) is 21.3. The molecule has 0 spiro atoms. The summed E-state index contributed by atoms with van der Waals surface area (Å²) in [5.41, 5.74) is 0.779. The Hall–Kier alpha value is -3.43. The molecule has 1 saturated carbocycles. The maximum Gasteiger partial charge on any atom is 0.433 e. The average molecular weight is 400 g/mol. The number of hydrogen-bond donors (Lipinski definition) is 1. The van der Waals surface area contributed by atoms with Crippen molar-refractivity contribution in [2.24, 2.45) is 7.05 Å². The molecule has 148 valence electrons. The van der Waals surface area contributed by atoms with Crippen molar-refractivity contribution in [3.05, 3.63) is 53.5 Å². The smallest absolute Gasteiger partial charge is 0.313 e. The molecule has 1 amide bonds. The van der Waals surface area contributed by atoms with Crippen LogP contribution in [-0.4, -0.2) is 30.1 Å². The van der Waals surface area contributed by atoms with E-state index in [9.17, 15) is 18.0 Å². The van der Waals surface area contributed by atoms with Gasteiger partial charge in [0.15, 0.2) is 11.3 Å². The molecule has 5 rings (SSSR count). The number of halogens is 3. The molecule has 10 heteroatoms. The van der Waals surface area contributed by atoms with Crippen molar-refractivity contribution in [3.8, 4) is 0 Å². The Labute approximate surface area is 162 Å². The van der Waals surface area contributed by atoms with Gasteiger partial charge in [-0.15, -0.1) is 0 Å². The van der Waals surface area contributed by atoms with Crippen LogP contribution in [-0.2, 0) is 13.2 Å². The largest absolute Gasteiger partial charge is 0.433 e. The van der Waals surface area contributed by atoms with Crippen molar-refractivity contribution in [1.29, 1.82) is 0 Å². The number of imidazole rings is 1. The second-order valence-electron chi connectivity index (χ2n) is 7.08. The molecule has 4 aromatic rings. The minimum atomic E-state index is -4.61. The molecule has 1 N–H and O–H groups in total. The summed E-state index contributed by atoms with van der Waals surface area (Å²) in [7, 11) is 1.74. The molecule has 0 saturated heterocycles. The van der Waals surface area contributed by atoms with Crippen molar-refractivity contribution >= 4 is 28.5 Å². The lowest BCUT2D eigenvalue weighted by Crippen LogP contribution is -2.17. The lowest BCUT2D eigenvalue weighted by Gasteiger charge is -2.10. The summed E-state index contributed by atoms with van der Waals surface area (Å²) in [6, 6.07) is 9.60. The second kappa shape index (κ2) is 6.03. The van der Waals surface area contributed by atoms with Gasteiger partial charge in [-0.1, -0.05) is 12.1 Å². The van der Waals surface area contributed by atoms with Crippen LogP contribution < -0.4 is 5.32 Å². The van der Waals surface area contributed by atoms with E-state index in [2.05, 4.69) is 20.4 Å². The maximum atomic E-state index is 13.5. The summed E-state index contributed by atoms with van der Waals surface area (Å²) in [6.45, 7) is 0. The number of carbonyl (C=O) groups is 1. The number of para-hydroxylation sites is 2. The highest BCUT2D eigenvalue weighted by Gasteiger charge is 2.37. The van der Waals surface area contributed by atoms with Gasteiger partial charge in [0, 0.05) is 24.7 Å². The highest BCUT2D eigenvalue weighted by molar-refractivity contribution is 6.03. The molecule has 29 heavy (non-hydrogen) atoms. The van der Waals surface area contributed by atoms with Gasteiger partial charge >= 0.3 is 6.18 Å². The lowest BCUT2D eigenvalue weighted by molar-refractivity contribution is -0.142. The first-order chi connectivity index (χ1) is 13.8. The number of amides is 1. The number of alkyl halides is 3. The molecule has 0 radical (unpaired) electrons. The molecule has 1 aromatic carbocycles. The molecule has 1 aliphatic carbocycles. The fraction of sp³-hybridized carbons (Fsp3) is 0.263. The maximum absolute atomic E-state index is 13.5. The highest BCUT2D eigenvalue weighted by atomic mass is 19.4. The van der Waals surface area contributed by atoms with Gasteiger partial charge in [-0.3, -0.25) is 10.1 Å². The number of carbonyl (C=O) groups excluding carboxylic acids is 1. The van der Waals surface area contributed by atoms with Crippen LogP contribution in [0.15, 0.2) is 36.4 Å². The molecule has 3 heterocycles. The van der Waals surface area contributed by atoms with Gasteiger partial charge in [0.25, 0.3) is 5.91 Å². The van der Waals surface area contributed by atoms with E-state index in [0.29, 0.717) is 15.7 Å². The molecule has 0 unspecified atom stereocenters. The number of nitrogens with zero attached hydrogens (tertiary/aromatic N) is 5. The van der Waals surface area contributed by atoms with E-state index in [1.54, 1.807) is 17.7 Å². The Morgan fingerprint density at radius 2 is 1.93 bits per heavy atom. The molecule has 0 aliphatic heterocycles. The van der Waals surface area contributed by atoms with Crippen molar-refractivity contribution in [2.45, 2.75) is 24.9 Å². The number of nitrogens with one attached hydrogen (secondary N) is 1. The van der Waals surface area contributed by atoms with E-state index in [-0.39, 0.29) is 23.2 Å². The average Bonchev–Trinajstić information content (AvgIpc) is 3.36. The first-order valence-electron chi connectivity index (χ1n) is 9.02. The second-order valence-corrected chi connectivity index (χ2v) is 7.08. The first-order valence-corrected chi connectivity index (χ1v) is 9.02. The van der Waals surface area contributed by atoms with E-state index in [1.807, 2.05) is 18.2 Å². The van der Waals surface area contributed by atoms with Crippen molar-refractivity contribution < 1.29 is 18.0 Å². The molecule has 0 bridgehead atoms. The van der Waals surface area contributed by atoms with E-state index < -0.39 is 17.8 Å². The Kier molecular flexibility index (Phi) is 3.67. The van der Waals surface area contributed by atoms with Crippen LogP contribution in [0.25, 0.3) is 16.7 Å². The molecule has 7 nitrogen and oxygen atoms in total. The number of aromatic nitrogens is 5. The Morgan fingerprint density at radius 1 is 1.17 bits per heavy atom. The number of rotatable bonds is 3. The third-order valence-electron chi connectivity index (χ3n) is 4.98. The van der Waals surface area contributed by atoms with Crippen LogP contribution in [0.4, 0.5) is 19.1 Å². The Bertz CT molecular complexity index is 1270. The van der Waals surface area contributed by atoms with Crippen molar-refractivity contribution in [1.82, 2.24) is 24.1 Å². The molecule has 0 atom stereocenters. The standard InChI is InChI=1S/C19H15F3N6O/c1-27-14-5-3-2-4-11(14)24-18(27)25-17(29)13-9-16-23-12(10-6-7-10)8-15(19(20,21)22)28(16)26-13/h2-5,8-10H,6-7H2,1H3,(H,24,25,29). The molecule has 1 fully saturated rings. The zero-order valence-corrected chi connectivity index (χ0v) is 15.2. The number of benzene rings is 1. The summed E-state index contributed by atoms with van der Waals surface area (Å²) in [5, 5.41) is 6.48. The van der Waals surface area contributed by atoms with Crippen LogP contribution in [0.3, 0.4) is 0 Å². The van der Waals surface area contributed by atoms with Gasteiger partial charge < -0.3 is 4.57 Å². The van der Waals surface area contributed by atoms with Crippen LogP contribution >= 0.6 is 0 Å². The number of aryl methyl sites for hydroxylation is 1. The summed E-state index contributed by atoms with van der Waals surface area (Å²) in [5.74, 6) is -0.348. The molecular formula is C19H15F3N6O. The van der Waals surface area contributed by atoms with E-state index in [0.717, 1.165) is 24.4 Å². The SMILES string of the molecule is Cn1c(NC(=O)c2cc3nc(C4CC4)cc(C(F)(F)F)n3n2)nc2ccccc21. The minimum absolute atomic E-state index is 0.00289. The van der Waals surface area contributed by atoms with Crippen LogP contribution in [0.2, 0.25) is 0 Å². The van der Waals surface area contributed by atoms with Crippen molar-refractivity contribution in [2.75, 3.05) is 5.32 Å². The van der Waals surface area contributed by atoms with E-state index in [1.165, 1.54) is 6.07 Å². The predicted octanol–water partition coefficient (Wildman–Crippen LogP) is 3.76. The fourth-order valence-corrected chi connectivity index (χ4v) is 3.32. The number of anilines is 1. The highest BCUT2D eigenvalue weighted by Crippen LogP contribution is 2.41. The third kappa shape index (κ3) is 3.00. The van der Waals surface area contributed by atoms with Crippen molar-refractivity contribution in [3.63, 3.8) is 0 Å². The summed E-state index contributed by atoms with van der Waals surface area (Å²) in [6.07, 6.45) is -2.98. The fourth-order valence-electron chi connectivity index (χ4n) is 3.32. The summed E-state index contributed by atoms with van der Waals surface area (Å²) < 4.78 is 42.9. The number of hydrogen-bond acceptors (Lipinski definition) is 4. The predicted molar refractivity (Wildman–Crippen MR) is 98.6 cm³/mol. The zero-order valence-electron chi connectivity index (χ0n) is 15.2. The molecule has 1 aliphatic rings. The minimum Gasteiger partial charge on any atom is -0.313 e. The molecular weight excluding hydrogens is 385 g/mol. The van der Waals surface area contributed by atoms with Gasteiger partial charge in [-0.2, -0.15) is 18.3 Å². The Morgan fingerprint density at radius 3 is 2.62 bits per heavy atom. The van der Waals surface area contributed by atoms with Crippen LogP contribution in [0, 0.1) is 0 Å². The first kappa shape index (κ1) is 17.7. The summed E-state index contributed by atoms with van der Waals surface area (Å²) >= 11 is 0. The van der Waals surface area contributed by atoms with Crippen LogP contribution in [0.5, 0.6) is 0 Å². The monoisotopic (exact) mass is 400 g/mol. The van der Waals surface area contributed by atoms with E-state index in [4.69, 9.17) is 0 Å². The van der Waals surface area contributed by atoms with E-state index >= 15 is 0 Å². The zero-order chi connectivity index (χ0) is 20.3. The Balaban J connectivity index is 1.54. The van der Waals surface area contributed by atoms with Gasteiger partial charge in [0.2, 0.25) is 5.95 Å². The normalized spacial score (nSPS) is 14.6. The quantitative estimate of drug-likeness (QED) is 0.568. The van der Waals surface area contributed by atoms with Crippen LogP contribution in [0.1, 0.15) is 40.6 Å².